The van der Waals surface area contributed by atoms with Gasteiger partial charge in [-0.1, -0.05) is 58.4 Å². The van der Waals surface area contributed by atoms with Crippen molar-refractivity contribution >= 4 is 39.3 Å². The second-order valence-electron chi connectivity index (χ2n) is 5.74. The van der Waals surface area contributed by atoms with Gasteiger partial charge >= 0.3 is 5.97 Å². The molecular formula is C19H14BrNO5. The van der Waals surface area contributed by atoms with Gasteiger partial charge in [0.25, 0.3) is 11.7 Å². The second-order valence-corrected chi connectivity index (χ2v) is 6.65. The van der Waals surface area contributed by atoms with E-state index in [2.05, 4.69) is 15.9 Å². The van der Waals surface area contributed by atoms with Crippen molar-refractivity contribution in [3.63, 3.8) is 0 Å². The smallest absolute Gasteiger partial charge is 0.323 e. The highest BCUT2D eigenvalue weighted by atomic mass is 79.9. The van der Waals surface area contributed by atoms with E-state index in [4.69, 9.17) is 5.11 Å². The Morgan fingerprint density at radius 2 is 1.62 bits per heavy atom. The molecule has 2 aromatic rings. The van der Waals surface area contributed by atoms with Crippen molar-refractivity contribution in [3.8, 4) is 0 Å². The zero-order valence-electron chi connectivity index (χ0n) is 13.4. The lowest BCUT2D eigenvalue weighted by Gasteiger charge is -2.23. The Morgan fingerprint density at radius 1 is 1.00 bits per heavy atom. The third kappa shape index (κ3) is 3.25. The van der Waals surface area contributed by atoms with Crippen LogP contribution in [0.3, 0.4) is 0 Å². The van der Waals surface area contributed by atoms with Gasteiger partial charge in [0.1, 0.15) is 12.3 Å². The number of aliphatic carboxylic acids is 1. The van der Waals surface area contributed by atoms with E-state index in [1.807, 2.05) is 0 Å². The molecule has 0 aromatic heterocycles. The summed E-state index contributed by atoms with van der Waals surface area (Å²) in [6.07, 6.45) is 0. The predicted octanol–water partition coefficient (Wildman–Crippen LogP) is 2.96. The molecule has 1 aliphatic rings. The molecule has 132 valence electrons. The number of aliphatic hydroxyl groups is 1. The molecule has 26 heavy (non-hydrogen) atoms. The van der Waals surface area contributed by atoms with Crippen LogP contribution in [0.4, 0.5) is 0 Å². The number of Topliss-reactive ketones (excluding diaryl/α,β-unsaturated/α-hetero) is 1. The molecule has 1 atom stereocenters. The fourth-order valence-electron chi connectivity index (χ4n) is 2.93. The third-order valence-corrected chi connectivity index (χ3v) is 4.61. The molecule has 1 aliphatic heterocycles. The van der Waals surface area contributed by atoms with Crippen LogP contribution in [0, 0.1) is 0 Å². The zero-order chi connectivity index (χ0) is 18.8. The largest absolute Gasteiger partial charge is 0.507 e. The van der Waals surface area contributed by atoms with Crippen LogP contribution in [0.15, 0.2) is 64.6 Å². The number of halogens is 1. The normalized spacial score (nSPS) is 19.0. The Balaban J connectivity index is 2.18. The summed E-state index contributed by atoms with van der Waals surface area (Å²) in [7, 11) is 0. The number of ketones is 1. The van der Waals surface area contributed by atoms with Gasteiger partial charge in [0.2, 0.25) is 0 Å². The van der Waals surface area contributed by atoms with E-state index in [0.717, 1.165) is 9.37 Å². The molecule has 7 heteroatoms. The van der Waals surface area contributed by atoms with Crippen LogP contribution < -0.4 is 0 Å². The number of carboxylic acids is 1. The molecule has 0 saturated carbocycles. The van der Waals surface area contributed by atoms with Gasteiger partial charge in [-0.3, -0.25) is 14.4 Å². The van der Waals surface area contributed by atoms with Crippen LogP contribution in [-0.2, 0) is 14.4 Å². The number of aliphatic hydroxyl groups excluding tert-OH is 1. The highest BCUT2D eigenvalue weighted by Crippen LogP contribution is 2.39. The van der Waals surface area contributed by atoms with E-state index in [9.17, 15) is 19.5 Å². The average Bonchev–Trinajstić information content (AvgIpc) is 2.87. The number of benzene rings is 2. The Labute approximate surface area is 157 Å². The van der Waals surface area contributed by atoms with Crippen molar-refractivity contribution in [2.75, 3.05) is 6.54 Å². The summed E-state index contributed by atoms with van der Waals surface area (Å²) < 4.78 is 0.792. The van der Waals surface area contributed by atoms with Crippen LogP contribution in [0.25, 0.3) is 5.76 Å². The molecule has 0 spiro atoms. The Bertz CT molecular complexity index is 905. The van der Waals surface area contributed by atoms with Crippen LogP contribution in [0.2, 0.25) is 0 Å². The molecule has 0 radical (unpaired) electrons. The SMILES string of the molecule is O=C(O)CN1C(=O)C(=O)C(=C(O)c2ccc(Br)cc2)[C@@H]1c1ccccc1. The molecule has 1 heterocycles. The van der Waals surface area contributed by atoms with E-state index >= 15 is 0 Å². The minimum atomic E-state index is -1.24. The molecule has 1 saturated heterocycles. The first-order valence-corrected chi connectivity index (χ1v) is 8.50. The van der Waals surface area contributed by atoms with Gasteiger partial charge in [0, 0.05) is 10.0 Å². The third-order valence-electron chi connectivity index (χ3n) is 4.08. The first-order valence-electron chi connectivity index (χ1n) is 7.71. The van der Waals surface area contributed by atoms with Crippen LogP contribution in [0.1, 0.15) is 17.2 Å². The van der Waals surface area contributed by atoms with Crippen molar-refractivity contribution in [1.29, 1.82) is 0 Å². The lowest BCUT2D eigenvalue weighted by molar-refractivity contribution is -0.146. The van der Waals surface area contributed by atoms with Gasteiger partial charge in [-0.15, -0.1) is 0 Å². The van der Waals surface area contributed by atoms with E-state index in [-0.39, 0.29) is 11.3 Å². The van der Waals surface area contributed by atoms with E-state index < -0.39 is 30.2 Å². The number of carbonyl (C=O) groups is 3. The molecule has 0 bridgehead atoms. The topological polar surface area (TPSA) is 94.9 Å². The van der Waals surface area contributed by atoms with E-state index in [0.29, 0.717) is 11.1 Å². The van der Waals surface area contributed by atoms with Crippen molar-refractivity contribution in [2.24, 2.45) is 0 Å². The van der Waals surface area contributed by atoms with Gasteiger partial charge < -0.3 is 15.1 Å². The van der Waals surface area contributed by atoms with Crippen molar-refractivity contribution in [1.82, 2.24) is 4.90 Å². The predicted molar refractivity (Wildman–Crippen MR) is 97.2 cm³/mol. The molecular weight excluding hydrogens is 402 g/mol. The minimum Gasteiger partial charge on any atom is -0.507 e. The van der Waals surface area contributed by atoms with Gasteiger partial charge in [0.15, 0.2) is 0 Å². The summed E-state index contributed by atoms with van der Waals surface area (Å²) in [5.74, 6) is -3.42. The number of nitrogens with zero attached hydrogens (tertiary/aromatic N) is 1. The van der Waals surface area contributed by atoms with E-state index in [1.165, 1.54) is 0 Å². The number of hydrogen-bond donors (Lipinski definition) is 2. The average molecular weight is 416 g/mol. The van der Waals surface area contributed by atoms with Gasteiger partial charge in [0.05, 0.1) is 11.6 Å². The summed E-state index contributed by atoms with van der Waals surface area (Å²) in [4.78, 5) is 37.1. The maximum absolute atomic E-state index is 12.6. The lowest BCUT2D eigenvalue weighted by atomic mass is 9.95. The molecule has 6 nitrogen and oxygen atoms in total. The molecule has 1 fully saturated rings. The first kappa shape index (κ1) is 17.9. The summed E-state index contributed by atoms with van der Waals surface area (Å²) >= 11 is 3.29. The van der Waals surface area contributed by atoms with Crippen LogP contribution in [0.5, 0.6) is 0 Å². The maximum Gasteiger partial charge on any atom is 0.323 e. The number of amides is 1. The molecule has 0 aliphatic carbocycles. The van der Waals surface area contributed by atoms with Gasteiger partial charge in [-0.2, -0.15) is 0 Å². The quantitative estimate of drug-likeness (QED) is 0.454. The molecule has 3 rings (SSSR count). The van der Waals surface area contributed by atoms with E-state index in [1.54, 1.807) is 54.6 Å². The number of hydrogen-bond acceptors (Lipinski definition) is 4. The molecule has 0 unspecified atom stereocenters. The Kier molecular flexibility index (Phi) is 4.90. The number of rotatable bonds is 4. The molecule has 2 N–H and O–H groups in total. The van der Waals surface area contributed by atoms with Gasteiger partial charge in [-0.25, -0.2) is 0 Å². The van der Waals surface area contributed by atoms with Crippen molar-refractivity contribution in [2.45, 2.75) is 6.04 Å². The number of likely N-dealkylation sites (tertiary alicyclic amines) is 1. The Morgan fingerprint density at radius 3 is 2.19 bits per heavy atom. The highest BCUT2D eigenvalue weighted by molar-refractivity contribution is 9.10. The molecule has 2 aromatic carbocycles. The summed E-state index contributed by atoms with van der Waals surface area (Å²) in [6, 6.07) is 14.2. The summed E-state index contributed by atoms with van der Waals surface area (Å²) in [5, 5.41) is 19.8. The molecule has 1 amide bonds. The number of carboxylic acid groups (broad SMARTS) is 1. The van der Waals surface area contributed by atoms with Crippen LogP contribution in [-0.4, -0.2) is 39.3 Å². The fourth-order valence-corrected chi connectivity index (χ4v) is 3.20. The lowest BCUT2D eigenvalue weighted by Crippen LogP contribution is -2.34. The second kappa shape index (κ2) is 7.13. The summed E-state index contributed by atoms with van der Waals surface area (Å²) in [5.41, 5.74) is 0.791. The standard InChI is InChI=1S/C19H14BrNO5/c20-13-8-6-12(7-9-13)17(24)15-16(11-4-2-1-3-5-11)21(10-14(22)23)19(26)18(15)25/h1-9,16,24H,10H2,(H,22,23)/t16-/m0/s1. The van der Waals surface area contributed by atoms with Crippen LogP contribution >= 0.6 is 15.9 Å². The van der Waals surface area contributed by atoms with Crippen molar-refractivity contribution < 1.29 is 24.6 Å². The maximum atomic E-state index is 12.6. The van der Waals surface area contributed by atoms with Gasteiger partial charge in [-0.05, 0) is 17.7 Å². The monoisotopic (exact) mass is 415 g/mol. The summed E-state index contributed by atoms with van der Waals surface area (Å²) in [6.45, 7) is -0.638. The minimum absolute atomic E-state index is 0.121. The highest BCUT2D eigenvalue weighted by Gasteiger charge is 2.46. The van der Waals surface area contributed by atoms with Crippen molar-refractivity contribution in [3.05, 3.63) is 75.8 Å². The zero-order valence-corrected chi connectivity index (χ0v) is 15.0. The Hall–Kier alpha value is -2.93. The first-order chi connectivity index (χ1) is 12.4. The number of carbonyl (C=O) groups excluding carboxylic acids is 2. The fraction of sp³-hybridized carbons (Fsp3) is 0.105.